The van der Waals surface area contributed by atoms with E-state index in [1.54, 1.807) is 12.4 Å². The van der Waals surface area contributed by atoms with Gasteiger partial charge < -0.3 is 4.48 Å². The molecule has 0 aliphatic heterocycles. The van der Waals surface area contributed by atoms with Gasteiger partial charge in [-0.05, 0) is 25.7 Å². The Bertz CT molecular complexity index is 393. The van der Waals surface area contributed by atoms with Crippen molar-refractivity contribution in [2.75, 3.05) is 26.2 Å². The summed E-state index contributed by atoms with van der Waals surface area (Å²) >= 11 is 11.7. The summed E-state index contributed by atoms with van der Waals surface area (Å²) in [6, 6.07) is 0. The molecule has 0 fully saturated rings. The van der Waals surface area contributed by atoms with E-state index in [-0.39, 0.29) is 21.1 Å². The molecule has 0 N–H and O–H groups in total. The van der Waals surface area contributed by atoms with Crippen LogP contribution in [0.2, 0.25) is 0 Å². The van der Waals surface area contributed by atoms with Gasteiger partial charge in [-0.2, -0.15) is 10.5 Å². The standard InChI is InChI=1S/C12H28N.2C2H2N2S2.Pt/c1-5-9-13(10-6-2,11-7-3)12-8-4;2*3-1-4-2(5)6;/h5-12H2,1-4H3;2*(H2,4,5,6);/q+1;;;+2/p+4. The third-order valence-electron chi connectivity index (χ3n) is 3.12. The fourth-order valence-corrected chi connectivity index (χ4v) is 2.87. The van der Waals surface area contributed by atoms with E-state index in [0.29, 0.717) is 8.75 Å². The summed E-state index contributed by atoms with van der Waals surface area (Å²) in [5.74, 6) is 0. The molecule has 10 heteroatoms. The van der Waals surface area contributed by atoms with Gasteiger partial charge >= 0.3 is 29.8 Å². The molecule has 0 heterocycles. The zero-order valence-electron chi connectivity index (χ0n) is 16.2. The summed E-state index contributed by atoms with van der Waals surface area (Å²) in [6.45, 7) is 14.8. The smallest absolute Gasteiger partial charge is 0.324 e. The zero-order chi connectivity index (χ0) is 20.1. The average molecular weight is 622 g/mol. The van der Waals surface area contributed by atoms with E-state index in [9.17, 15) is 0 Å². The van der Waals surface area contributed by atoms with E-state index >= 15 is 0 Å². The minimum absolute atomic E-state index is 0. The maximum atomic E-state index is 7.74. The molecule has 0 spiro atoms. The molecule has 0 radical (unpaired) electrons. The largest absolute Gasteiger partial charge is 2.00 e. The van der Waals surface area contributed by atoms with Crippen molar-refractivity contribution in [3.05, 3.63) is 0 Å². The van der Waals surface area contributed by atoms with Crippen molar-refractivity contribution in [1.29, 1.82) is 10.5 Å². The number of quaternary nitrogens is 1. The van der Waals surface area contributed by atoms with E-state index < -0.39 is 0 Å². The topological polar surface area (TPSA) is 72.3 Å². The van der Waals surface area contributed by atoms with Gasteiger partial charge in [-0.1, -0.05) is 37.7 Å². The van der Waals surface area contributed by atoms with Gasteiger partial charge in [0.05, 0.1) is 76.7 Å². The van der Waals surface area contributed by atoms with Crippen LogP contribution in [0.5, 0.6) is 0 Å². The van der Waals surface area contributed by atoms with E-state index in [2.05, 4.69) is 88.2 Å². The first-order valence-electron chi connectivity index (χ1n) is 8.43. The average Bonchev–Trinajstić information content (AvgIpc) is 2.49. The van der Waals surface area contributed by atoms with E-state index in [1.807, 2.05) is 0 Å². The molecule has 26 heavy (non-hydrogen) atoms. The van der Waals surface area contributed by atoms with Crippen molar-refractivity contribution in [2.45, 2.75) is 53.4 Å². The van der Waals surface area contributed by atoms with Crippen LogP contribution >= 0.6 is 0 Å². The summed E-state index contributed by atoms with van der Waals surface area (Å²) in [4.78, 5) is 6.35. The predicted molar refractivity (Wildman–Crippen MR) is 128 cm³/mol. The number of nitriles is 2. The number of hydrogen-bond donors (Lipinski definition) is 0. The molecule has 5 nitrogen and oxygen atoms in total. The van der Waals surface area contributed by atoms with E-state index in [4.69, 9.17) is 10.5 Å². The van der Waals surface area contributed by atoms with E-state index in [1.165, 1.54) is 56.3 Å². The van der Waals surface area contributed by atoms with Gasteiger partial charge in [-0.15, -0.1) is 0 Å². The van der Waals surface area contributed by atoms with Crippen LogP contribution in [0, 0.1) is 22.9 Å². The van der Waals surface area contributed by atoms with Crippen LogP contribution in [-0.4, -0.2) is 39.4 Å². The van der Waals surface area contributed by atoms with Crippen LogP contribution in [0.3, 0.4) is 0 Å². The van der Waals surface area contributed by atoms with Crippen LogP contribution in [0.25, 0.3) is 0 Å². The fourth-order valence-electron chi connectivity index (χ4n) is 2.67. The van der Waals surface area contributed by atoms with Crippen LogP contribution in [0.15, 0.2) is 9.98 Å². The molecule has 0 saturated carbocycles. The molecular formula is C16H36N5PtS4+7. The van der Waals surface area contributed by atoms with Crippen molar-refractivity contribution in [3.8, 4) is 12.4 Å². The van der Waals surface area contributed by atoms with Crippen molar-refractivity contribution in [2.24, 2.45) is 9.98 Å². The van der Waals surface area contributed by atoms with Crippen molar-refractivity contribution < 1.29 is 25.5 Å². The van der Waals surface area contributed by atoms with Gasteiger partial charge in [0.1, 0.15) is 0 Å². The van der Waals surface area contributed by atoms with Crippen molar-refractivity contribution in [3.63, 3.8) is 0 Å². The first-order chi connectivity index (χ1) is 11.8. The maximum Gasteiger partial charge on any atom is 2.00 e. The van der Waals surface area contributed by atoms with Crippen LogP contribution in [0.1, 0.15) is 53.4 Å². The maximum absolute atomic E-state index is 7.74. The number of nitrogens with zero attached hydrogens (tertiary/aromatic N) is 5. The second-order valence-electron chi connectivity index (χ2n) is 5.36. The Hall–Kier alpha value is 0.368. The van der Waals surface area contributed by atoms with Gasteiger partial charge in [0.15, 0.2) is 0 Å². The monoisotopic (exact) mass is 621 g/mol. The second-order valence-corrected chi connectivity index (χ2v) is 8.25. The molecule has 0 amide bonds. The minimum Gasteiger partial charge on any atom is -0.324 e. The Morgan fingerprint density at radius 3 is 1.00 bits per heavy atom. The molecule has 0 unspecified atom stereocenters. The van der Waals surface area contributed by atoms with Gasteiger partial charge in [0.25, 0.3) is 0 Å². The van der Waals surface area contributed by atoms with Gasteiger partial charge in [-0.3, -0.25) is 0 Å². The summed E-state index contributed by atoms with van der Waals surface area (Å²) in [6.07, 6.45) is 8.45. The molecule has 0 aromatic carbocycles. The number of rotatable bonds is 8. The third kappa shape index (κ3) is 26.6. The molecule has 0 saturated heterocycles. The van der Waals surface area contributed by atoms with Crippen molar-refractivity contribution in [1.82, 2.24) is 0 Å². The Kier molecular flexibility index (Phi) is 33.1. The second kappa shape index (κ2) is 25.4. The predicted octanol–water partition coefficient (Wildman–Crippen LogP) is 1.13. The molecular weight excluding hydrogens is 586 g/mol. The summed E-state index contributed by atoms with van der Waals surface area (Å²) in [5, 5.41) is 15.5. The quantitative estimate of drug-likeness (QED) is 0.134. The summed E-state index contributed by atoms with van der Waals surface area (Å²) in [5.41, 5.74) is 0. The summed E-state index contributed by atoms with van der Waals surface area (Å²) in [7, 11) is 0. The summed E-state index contributed by atoms with van der Waals surface area (Å²) < 4.78 is 2.20. The Morgan fingerprint density at radius 2 is 0.923 bits per heavy atom. The van der Waals surface area contributed by atoms with Gasteiger partial charge in [-0.25, -0.2) is 0 Å². The number of hydrogen-bond acceptors (Lipinski definition) is 4. The molecule has 0 aromatic heterocycles. The molecule has 0 rings (SSSR count). The molecule has 0 bridgehead atoms. The zero-order valence-corrected chi connectivity index (χ0v) is 22.5. The normalized spacial score (nSPS) is 8.85. The first kappa shape index (κ1) is 33.9. The third-order valence-corrected chi connectivity index (χ3v) is 3.56. The first-order valence-corrected chi connectivity index (χ1v) is 10.4. The van der Waals surface area contributed by atoms with Crippen LogP contribution in [0.4, 0.5) is 0 Å². The van der Waals surface area contributed by atoms with Gasteiger partial charge in [0, 0.05) is 0 Å². The van der Waals surface area contributed by atoms with Crippen LogP contribution < -0.4 is 0 Å². The van der Waals surface area contributed by atoms with Crippen LogP contribution in [-0.2, 0) is 71.6 Å². The molecule has 0 aromatic rings. The molecule has 0 aliphatic carbocycles. The minimum atomic E-state index is 0. The molecule has 0 aliphatic rings. The SMILES string of the molecule is CCC[N+](CCC)(CCC)CCC.N#CN=C([SH2+])[SH2+].N#CN=C([SH2+])[SH2+].[Pt+2]. The Labute approximate surface area is 196 Å². The Morgan fingerprint density at radius 1 is 0.692 bits per heavy atom. The molecule has 152 valence electrons. The van der Waals surface area contributed by atoms with Crippen molar-refractivity contribution >= 4 is 59.3 Å². The van der Waals surface area contributed by atoms with E-state index in [0.717, 1.165) is 0 Å². The number of aliphatic imine (C=N–C) groups is 2. The Balaban J connectivity index is -0.000000157. The fraction of sp³-hybridized carbons (Fsp3) is 0.750. The van der Waals surface area contributed by atoms with Gasteiger partial charge in [0.2, 0.25) is 12.4 Å². The molecule has 0 atom stereocenters.